The molecule has 0 aromatic carbocycles. The van der Waals surface area contributed by atoms with Gasteiger partial charge in [0.2, 0.25) is 0 Å². The van der Waals surface area contributed by atoms with Crippen LogP contribution in [0.25, 0.3) is 0 Å². The minimum atomic E-state index is -4.95. The van der Waals surface area contributed by atoms with E-state index in [2.05, 4.69) is 55.4 Å². The van der Waals surface area contributed by atoms with Crippen LogP contribution in [0, 0.1) is 23.7 Å². The molecule has 0 aromatic heterocycles. The second kappa shape index (κ2) is 62.6. The van der Waals surface area contributed by atoms with Crippen molar-refractivity contribution in [2.24, 2.45) is 23.7 Å². The van der Waals surface area contributed by atoms with Gasteiger partial charge in [0.1, 0.15) is 19.3 Å². The second-order valence-corrected chi connectivity index (χ2v) is 30.9. The normalized spacial score (nSPS) is 14.5. The SMILES string of the molecule is CCC(C)CCCCCCCCCCCCC(=O)O[C@H](COC(=O)CCCCCCCCC(C)C)COP(=O)(O)OC[C@H](O)COP(=O)(O)OC[C@@H](COC(=O)CCCCCCCCCCCCCCCCCC(C)C)OC(=O)CCCCCCCCCCC(C)C. The van der Waals surface area contributed by atoms with Gasteiger partial charge in [-0.1, -0.05) is 312 Å². The Kier molecular flexibility index (Phi) is 61.3. The number of carbonyl (C=O) groups excluding carboxylic acids is 4. The molecule has 19 heteroatoms. The fraction of sp³-hybridized carbons (Fsp3) is 0.945. The maximum atomic E-state index is 13.0. The molecule has 0 amide bonds. The van der Waals surface area contributed by atoms with Crippen LogP contribution >= 0.6 is 15.6 Å². The molecular formula is C73H142O17P2. The number of aliphatic hydroxyl groups excluding tert-OH is 1. The van der Waals surface area contributed by atoms with Crippen LogP contribution in [0.3, 0.4) is 0 Å². The van der Waals surface area contributed by atoms with E-state index in [9.17, 15) is 43.2 Å². The van der Waals surface area contributed by atoms with Crippen LogP contribution in [0.15, 0.2) is 0 Å². The van der Waals surface area contributed by atoms with Crippen molar-refractivity contribution in [3.05, 3.63) is 0 Å². The number of rotatable bonds is 70. The van der Waals surface area contributed by atoms with Crippen molar-refractivity contribution < 1.29 is 80.2 Å². The van der Waals surface area contributed by atoms with Gasteiger partial charge in [0, 0.05) is 25.7 Å². The minimum absolute atomic E-state index is 0.104. The zero-order valence-corrected chi connectivity index (χ0v) is 62.0. The molecule has 0 saturated heterocycles. The molecule has 0 aliphatic rings. The first kappa shape index (κ1) is 90.1. The maximum absolute atomic E-state index is 13.0. The number of hydrogen-bond donors (Lipinski definition) is 3. The highest BCUT2D eigenvalue weighted by Crippen LogP contribution is 2.45. The van der Waals surface area contributed by atoms with E-state index in [0.29, 0.717) is 31.6 Å². The van der Waals surface area contributed by atoms with Crippen LogP contribution in [-0.2, 0) is 65.4 Å². The highest BCUT2D eigenvalue weighted by Gasteiger charge is 2.30. The van der Waals surface area contributed by atoms with Gasteiger partial charge in [0.15, 0.2) is 12.2 Å². The molecule has 0 aliphatic heterocycles. The molecule has 92 heavy (non-hydrogen) atoms. The van der Waals surface area contributed by atoms with Gasteiger partial charge in [-0.25, -0.2) is 9.13 Å². The van der Waals surface area contributed by atoms with Gasteiger partial charge in [-0.3, -0.25) is 37.3 Å². The van der Waals surface area contributed by atoms with Crippen molar-refractivity contribution in [2.75, 3.05) is 39.6 Å². The smallest absolute Gasteiger partial charge is 0.462 e. The standard InChI is InChI=1S/C73H142O17P2/c1-9-66(8)52-44-36-27-20-17-18-22-29-39-47-55-72(77)89-69(60-84-71(76)54-46-38-32-31-35-43-51-65(6)7)62-88-92(81,82)86-58-67(74)57-85-91(79,80)87-61-68(90-73(78)56-48-40-30-24-23-26-34-42-50-64(4)5)59-83-70(75)53-45-37-28-21-16-14-12-10-11-13-15-19-25-33-41-49-63(2)3/h63-69,74H,9-62H2,1-8H3,(H,79,80)(H,81,82)/t66?,67-,68-,69-/m1/s1. The lowest BCUT2D eigenvalue weighted by Gasteiger charge is -2.21. The zero-order chi connectivity index (χ0) is 68.2. The Morgan fingerprint density at radius 1 is 0.304 bits per heavy atom. The Morgan fingerprint density at radius 2 is 0.522 bits per heavy atom. The molecule has 546 valence electrons. The van der Waals surface area contributed by atoms with Gasteiger partial charge in [0.05, 0.1) is 26.4 Å². The van der Waals surface area contributed by atoms with Crippen LogP contribution in [0.2, 0.25) is 0 Å². The summed E-state index contributed by atoms with van der Waals surface area (Å²) in [5, 5.41) is 10.6. The largest absolute Gasteiger partial charge is 0.472 e. The Bertz CT molecular complexity index is 1820. The van der Waals surface area contributed by atoms with E-state index in [-0.39, 0.29) is 25.7 Å². The van der Waals surface area contributed by atoms with Crippen LogP contribution in [0.4, 0.5) is 0 Å². The molecule has 0 saturated carbocycles. The summed E-state index contributed by atoms with van der Waals surface area (Å²) >= 11 is 0. The average molecular weight is 1350 g/mol. The van der Waals surface area contributed by atoms with Crippen molar-refractivity contribution in [1.82, 2.24) is 0 Å². The van der Waals surface area contributed by atoms with Gasteiger partial charge in [0.25, 0.3) is 0 Å². The summed E-state index contributed by atoms with van der Waals surface area (Å²) in [6.45, 7) is 14.1. The van der Waals surface area contributed by atoms with E-state index in [1.165, 1.54) is 161 Å². The molecule has 0 radical (unpaired) electrons. The quantitative estimate of drug-likeness (QED) is 0.0222. The third-order valence-electron chi connectivity index (χ3n) is 17.2. The fourth-order valence-corrected chi connectivity index (χ4v) is 12.6. The molecule has 17 nitrogen and oxygen atoms in total. The number of carbonyl (C=O) groups is 4. The summed E-state index contributed by atoms with van der Waals surface area (Å²) in [6.07, 6.45) is 46.0. The number of ether oxygens (including phenoxy) is 4. The summed E-state index contributed by atoms with van der Waals surface area (Å²) in [5.41, 5.74) is 0. The molecule has 0 spiro atoms. The molecule has 0 fully saturated rings. The molecule has 3 N–H and O–H groups in total. The summed E-state index contributed by atoms with van der Waals surface area (Å²) in [6, 6.07) is 0. The Hall–Kier alpha value is -1.94. The monoisotopic (exact) mass is 1350 g/mol. The highest BCUT2D eigenvalue weighted by atomic mass is 31.2. The third-order valence-corrected chi connectivity index (χ3v) is 19.1. The van der Waals surface area contributed by atoms with Crippen LogP contribution < -0.4 is 0 Å². The van der Waals surface area contributed by atoms with E-state index in [1.54, 1.807) is 0 Å². The Balaban J connectivity index is 5.20. The van der Waals surface area contributed by atoms with Crippen molar-refractivity contribution in [2.45, 2.75) is 382 Å². The molecule has 0 aliphatic carbocycles. The molecule has 0 rings (SSSR count). The number of hydrogen-bond acceptors (Lipinski definition) is 15. The van der Waals surface area contributed by atoms with E-state index in [1.807, 2.05) is 0 Å². The Labute approximate surface area is 562 Å². The van der Waals surface area contributed by atoms with Gasteiger partial charge < -0.3 is 33.8 Å². The average Bonchev–Trinajstić information content (AvgIpc) is 1.47. The van der Waals surface area contributed by atoms with Crippen molar-refractivity contribution in [3.63, 3.8) is 0 Å². The lowest BCUT2D eigenvalue weighted by atomic mass is 9.99. The van der Waals surface area contributed by atoms with Crippen LogP contribution in [0.1, 0.15) is 364 Å². The van der Waals surface area contributed by atoms with Crippen molar-refractivity contribution >= 4 is 39.5 Å². The lowest BCUT2D eigenvalue weighted by Crippen LogP contribution is -2.30. The lowest BCUT2D eigenvalue weighted by molar-refractivity contribution is -0.161. The summed E-state index contributed by atoms with van der Waals surface area (Å²) in [4.78, 5) is 72.6. The molecular weight excluding hydrogens is 1210 g/mol. The van der Waals surface area contributed by atoms with E-state index in [4.69, 9.17) is 37.0 Å². The van der Waals surface area contributed by atoms with E-state index < -0.39 is 97.5 Å². The first-order valence-corrected chi connectivity index (χ1v) is 40.7. The predicted octanol–water partition coefficient (Wildman–Crippen LogP) is 20.9. The summed E-state index contributed by atoms with van der Waals surface area (Å²) in [5.74, 6) is 0.878. The zero-order valence-electron chi connectivity index (χ0n) is 60.2. The van der Waals surface area contributed by atoms with Gasteiger partial charge in [-0.15, -0.1) is 0 Å². The summed E-state index contributed by atoms with van der Waals surface area (Å²) < 4.78 is 68.3. The van der Waals surface area contributed by atoms with Crippen molar-refractivity contribution in [3.8, 4) is 0 Å². The molecule has 0 heterocycles. The molecule has 6 atom stereocenters. The number of phosphoric ester groups is 2. The number of aliphatic hydroxyl groups is 1. The van der Waals surface area contributed by atoms with Crippen LogP contribution in [0.5, 0.6) is 0 Å². The predicted molar refractivity (Wildman–Crippen MR) is 372 cm³/mol. The maximum Gasteiger partial charge on any atom is 0.472 e. The molecule has 3 unspecified atom stereocenters. The van der Waals surface area contributed by atoms with E-state index >= 15 is 0 Å². The fourth-order valence-electron chi connectivity index (χ4n) is 11.0. The van der Waals surface area contributed by atoms with Gasteiger partial charge in [-0.05, 0) is 49.4 Å². The highest BCUT2D eigenvalue weighted by molar-refractivity contribution is 7.47. The van der Waals surface area contributed by atoms with Crippen LogP contribution in [-0.4, -0.2) is 96.7 Å². The molecule has 0 aromatic rings. The number of phosphoric acid groups is 2. The first-order valence-electron chi connectivity index (χ1n) is 37.7. The van der Waals surface area contributed by atoms with Gasteiger partial charge in [-0.2, -0.15) is 0 Å². The number of esters is 4. The summed E-state index contributed by atoms with van der Waals surface area (Å²) in [7, 11) is -9.91. The van der Waals surface area contributed by atoms with E-state index in [0.717, 1.165) is 114 Å². The van der Waals surface area contributed by atoms with Crippen molar-refractivity contribution in [1.29, 1.82) is 0 Å². The molecule has 0 bridgehead atoms. The topological polar surface area (TPSA) is 237 Å². The Morgan fingerprint density at radius 3 is 0.772 bits per heavy atom. The second-order valence-electron chi connectivity index (χ2n) is 28.0. The van der Waals surface area contributed by atoms with Gasteiger partial charge >= 0.3 is 39.5 Å². The number of unbranched alkanes of at least 4 members (excludes halogenated alkanes) is 35. The first-order chi connectivity index (χ1) is 44.1. The minimum Gasteiger partial charge on any atom is -0.462 e. The third kappa shape index (κ3) is 65.4.